The second-order valence-corrected chi connectivity index (χ2v) is 8.96. The van der Waals surface area contributed by atoms with Gasteiger partial charge in [0.15, 0.2) is 0 Å². The highest BCUT2D eigenvalue weighted by Crippen LogP contribution is 2.21. The number of carbonyl (C=O) groups is 1. The lowest BCUT2D eigenvalue weighted by atomic mass is 9.97. The zero-order valence-corrected chi connectivity index (χ0v) is 15.1. The lowest BCUT2D eigenvalue weighted by Crippen LogP contribution is -2.45. The van der Waals surface area contributed by atoms with E-state index in [-0.39, 0.29) is 17.1 Å². The van der Waals surface area contributed by atoms with Gasteiger partial charge in [-0.3, -0.25) is 4.79 Å². The van der Waals surface area contributed by atoms with Crippen LogP contribution in [0.5, 0.6) is 0 Å². The topological polar surface area (TPSA) is 66.5 Å². The second kappa shape index (κ2) is 9.50. The number of piperidine rings is 1. The number of hydrogen-bond donors (Lipinski definition) is 1. The second-order valence-electron chi connectivity index (χ2n) is 6.47. The fourth-order valence-electron chi connectivity index (χ4n) is 2.76. The Hall–Kier alpha value is -0.620. The van der Waals surface area contributed by atoms with Gasteiger partial charge in [-0.25, -0.2) is 12.7 Å². The van der Waals surface area contributed by atoms with Gasteiger partial charge in [-0.05, 0) is 33.1 Å². The Morgan fingerprint density at radius 2 is 1.73 bits per heavy atom. The first-order valence-electron chi connectivity index (χ1n) is 8.66. The van der Waals surface area contributed by atoms with Gasteiger partial charge in [0, 0.05) is 25.6 Å². The fourth-order valence-corrected chi connectivity index (χ4v) is 4.07. The molecule has 0 atom stereocenters. The molecule has 1 rings (SSSR count). The zero-order valence-electron chi connectivity index (χ0n) is 14.3. The molecule has 0 spiro atoms. The van der Waals surface area contributed by atoms with Crippen LogP contribution in [-0.2, 0) is 14.8 Å². The van der Waals surface area contributed by atoms with Crippen molar-refractivity contribution in [3.05, 3.63) is 0 Å². The van der Waals surface area contributed by atoms with Gasteiger partial charge in [-0.2, -0.15) is 0 Å². The van der Waals surface area contributed by atoms with E-state index < -0.39 is 10.0 Å². The van der Waals surface area contributed by atoms with Crippen molar-refractivity contribution in [2.45, 2.75) is 71.0 Å². The predicted molar refractivity (Wildman–Crippen MR) is 90.1 cm³/mol. The van der Waals surface area contributed by atoms with Crippen molar-refractivity contribution >= 4 is 15.9 Å². The maximum Gasteiger partial charge on any atom is 0.223 e. The molecular weight excluding hydrogens is 300 g/mol. The summed E-state index contributed by atoms with van der Waals surface area (Å²) in [6.45, 7) is 7.27. The molecule has 130 valence electrons. The monoisotopic (exact) mass is 332 g/mol. The highest BCUT2D eigenvalue weighted by atomic mass is 32.2. The number of rotatable bonds is 9. The van der Waals surface area contributed by atoms with Crippen molar-refractivity contribution in [2.75, 3.05) is 19.6 Å². The smallest absolute Gasteiger partial charge is 0.223 e. The van der Waals surface area contributed by atoms with Crippen molar-refractivity contribution in [1.29, 1.82) is 0 Å². The zero-order chi connectivity index (χ0) is 16.6. The van der Waals surface area contributed by atoms with E-state index in [2.05, 4.69) is 12.2 Å². The van der Waals surface area contributed by atoms with Crippen LogP contribution in [0.15, 0.2) is 0 Å². The van der Waals surface area contributed by atoms with Crippen LogP contribution >= 0.6 is 0 Å². The molecule has 22 heavy (non-hydrogen) atoms. The molecule has 1 saturated heterocycles. The Morgan fingerprint density at radius 1 is 1.14 bits per heavy atom. The summed E-state index contributed by atoms with van der Waals surface area (Å²) in [6, 6.07) is 0. The molecule has 0 aromatic rings. The van der Waals surface area contributed by atoms with Gasteiger partial charge in [0.05, 0.1) is 5.25 Å². The van der Waals surface area contributed by atoms with Crippen molar-refractivity contribution in [1.82, 2.24) is 9.62 Å². The van der Waals surface area contributed by atoms with E-state index in [1.165, 1.54) is 30.0 Å². The van der Waals surface area contributed by atoms with Crippen LogP contribution in [0.3, 0.4) is 0 Å². The van der Waals surface area contributed by atoms with E-state index in [0.29, 0.717) is 25.9 Å². The summed E-state index contributed by atoms with van der Waals surface area (Å²) < 4.78 is 25.7. The molecule has 0 bridgehead atoms. The lowest BCUT2D eigenvalue weighted by molar-refractivity contribution is -0.126. The summed E-state index contributed by atoms with van der Waals surface area (Å²) in [4.78, 5) is 12.1. The highest BCUT2D eigenvalue weighted by Gasteiger charge is 2.32. The molecule has 0 unspecified atom stereocenters. The Kier molecular flexibility index (Phi) is 8.39. The van der Waals surface area contributed by atoms with Gasteiger partial charge in [0.2, 0.25) is 15.9 Å². The minimum absolute atomic E-state index is 0.0331. The van der Waals surface area contributed by atoms with E-state index in [1.54, 1.807) is 13.8 Å². The van der Waals surface area contributed by atoms with Gasteiger partial charge in [0.25, 0.3) is 0 Å². The lowest BCUT2D eigenvalue weighted by Gasteiger charge is -2.31. The van der Waals surface area contributed by atoms with Crippen molar-refractivity contribution < 1.29 is 13.2 Å². The van der Waals surface area contributed by atoms with Crippen molar-refractivity contribution in [3.63, 3.8) is 0 Å². The average Bonchev–Trinajstić information content (AvgIpc) is 2.50. The Labute approximate surface area is 135 Å². The molecule has 1 amide bonds. The van der Waals surface area contributed by atoms with Crippen molar-refractivity contribution in [3.8, 4) is 0 Å². The summed E-state index contributed by atoms with van der Waals surface area (Å²) in [6.07, 6.45) is 7.19. The number of hydrogen-bond acceptors (Lipinski definition) is 3. The van der Waals surface area contributed by atoms with Gasteiger partial charge in [-0.1, -0.05) is 32.6 Å². The minimum Gasteiger partial charge on any atom is -0.356 e. The summed E-state index contributed by atoms with van der Waals surface area (Å²) in [7, 11) is -3.18. The van der Waals surface area contributed by atoms with Crippen LogP contribution in [0.4, 0.5) is 0 Å². The summed E-state index contributed by atoms with van der Waals surface area (Å²) in [5.41, 5.74) is 0. The van der Waals surface area contributed by atoms with Crippen LogP contribution in [0.25, 0.3) is 0 Å². The summed E-state index contributed by atoms with van der Waals surface area (Å²) in [5.74, 6) is 0.0614. The van der Waals surface area contributed by atoms with Gasteiger partial charge in [0.1, 0.15) is 0 Å². The average molecular weight is 333 g/mol. The minimum atomic E-state index is -3.18. The molecular formula is C16H32N2O3S. The molecule has 1 aliphatic rings. The van der Waals surface area contributed by atoms with Crippen LogP contribution in [0.1, 0.15) is 65.7 Å². The molecule has 0 aliphatic carbocycles. The standard InChI is InChI=1S/C16H32N2O3S/c1-4-5-6-7-8-11-17-16(19)15-9-12-18(13-10-15)22(20,21)14(2)3/h14-15H,4-13H2,1-3H3,(H,17,19). The first-order chi connectivity index (χ1) is 10.4. The SMILES string of the molecule is CCCCCCCNC(=O)C1CCN(S(=O)(=O)C(C)C)CC1. The molecule has 0 radical (unpaired) electrons. The van der Waals surface area contributed by atoms with Crippen LogP contribution in [0.2, 0.25) is 0 Å². The van der Waals surface area contributed by atoms with Gasteiger partial charge >= 0.3 is 0 Å². The summed E-state index contributed by atoms with van der Waals surface area (Å²) >= 11 is 0. The molecule has 1 heterocycles. The van der Waals surface area contributed by atoms with Gasteiger partial charge < -0.3 is 5.32 Å². The van der Waals surface area contributed by atoms with Crippen LogP contribution < -0.4 is 5.32 Å². The van der Waals surface area contributed by atoms with E-state index in [4.69, 9.17) is 0 Å². The molecule has 1 aliphatic heterocycles. The van der Waals surface area contributed by atoms with Crippen LogP contribution in [-0.4, -0.2) is 43.5 Å². The maximum absolute atomic E-state index is 12.1. The first kappa shape index (κ1) is 19.4. The molecule has 1 fully saturated rings. The number of nitrogens with zero attached hydrogens (tertiary/aromatic N) is 1. The molecule has 5 nitrogen and oxygen atoms in total. The quantitative estimate of drug-likeness (QED) is 0.660. The molecule has 1 N–H and O–H groups in total. The van der Waals surface area contributed by atoms with E-state index in [9.17, 15) is 13.2 Å². The predicted octanol–water partition coefficient (Wildman–Crippen LogP) is 2.52. The fraction of sp³-hybridized carbons (Fsp3) is 0.938. The number of nitrogens with one attached hydrogen (secondary N) is 1. The largest absolute Gasteiger partial charge is 0.356 e. The molecule has 0 aromatic heterocycles. The number of unbranched alkanes of at least 4 members (excludes halogenated alkanes) is 4. The normalized spacial score (nSPS) is 17.8. The Morgan fingerprint density at radius 3 is 2.27 bits per heavy atom. The highest BCUT2D eigenvalue weighted by molar-refractivity contribution is 7.89. The van der Waals surface area contributed by atoms with Crippen molar-refractivity contribution in [2.24, 2.45) is 5.92 Å². The van der Waals surface area contributed by atoms with Gasteiger partial charge in [-0.15, -0.1) is 0 Å². The third kappa shape index (κ3) is 5.88. The third-order valence-electron chi connectivity index (χ3n) is 4.36. The Bertz CT molecular complexity index is 427. The Balaban J connectivity index is 2.25. The van der Waals surface area contributed by atoms with E-state index in [0.717, 1.165) is 13.0 Å². The van der Waals surface area contributed by atoms with E-state index in [1.807, 2.05) is 0 Å². The van der Waals surface area contributed by atoms with Crippen LogP contribution in [0, 0.1) is 5.92 Å². The molecule has 0 aromatic carbocycles. The number of amides is 1. The molecule has 6 heteroatoms. The third-order valence-corrected chi connectivity index (χ3v) is 6.64. The van der Waals surface area contributed by atoms with E-state index >= 15 is 0 Å². The maximum atomic E-state index is 12.1. The summed E-state index contributed by atoms with van der Waals surface area (Å²) in [5, 5.41) is 2.61. The number of carbonyl (C=O) groups excluding carboxylic acids is 1. The molecule has 0 saturated carbocycles. The first-order valence-corrected chi connectivity index (χ1v) is 10.2. The number of sulfonamides is 1.